The molecule has 0 aromatic heterocycles. The minimum absolute atomic E-state index is 0. The Morgan fingerprint density at radius 1 is 1.30 bits per heavy atom. The lowest BCUT2D eigenvalue weighted by molar-refractivity contribution is 0.270. The largest absolute Gasteiger partial charge is 0.495 e. The van der Waals surface area contributed by atoms with Crippen LogP contribution in [0.2, 0.25) is 0 Å². The maximum Gasteiger partial charge on any atom is 0.247 e. The van der Waals surface area contributed by atoms with Crippen LogP contribution in [0.5, 0.6) is 5.75 Å². The van der Waals surface area contributed by atoms with E-state index in [4.69, 9.17) is 10.00 Å². The maximum atomic E-state index is 13.6. The predicted octanol–water partition coefficient (Wildman–Crippen LogP) is 2.46. The summed E-state index contributed by atoms with van der Waals surface area (Å²) in [5, 5.41) is 12.2. The van der Waals surface area contributed by atoms with Gasteiger partial charge in [-0.1, -0.05) is 12.1 Å². The number of hydrogen-bond acceptors (Lipinski definition) is 5. The second kappa shape index (κ2) is 8.67. The smallest absolute Gasteiger partial charge is 0.247 e. The first-order valence-electron chi connectivity index (χ1n) is 8.03. The summed E-state index contributed by atoms with van der Waals surface area (Å²) in [4.78, 5) is -0.0118. The zero-order valence-electron chi connectivity index (χ0n) is 14.6. The van der Waals surface area contributed by atoms with Gasteiger partial charge in [0.2, 0.25) is 10.0 Å². The van der Waals surface area contributed by atoms with Crippen LogP contribution in [-0.4, -0.2) is 39.5 Å². The topological polar surface area (TPSA) is 82.4 Å². The highest BCUT2D eigenvalue weighted by atomic mass is 35.5. The zero-order valence-corrected chi connectivity index (χ0v) is 16.2. The van der Waals surface area contributed by atoms with Gasteiger partial charge in [0, 0.05) is 19.6 Å². The second-order valence-electron chi connectivity index (χ2n) is 5.87. The summed E-state index contributed by atoms with van der Waals surface area (Å²) in [6.45, 7) is 1.11. The molecule has 0 bridgehead atoms. The minimum atomic E-state index is -3.90. The van der Waals surface area contributed by atoms with Gasteiger partial charge in [-0.3, -0.25) is 0 Å². The van der Waals surface area contributed by atoms with Gasteiger partial charge in [0.1, 0.15) is 16.5 Å². The van der Waals surface area contributed by atoms with Crippen molar-refractivity contribution in [3.63, 3.8) is 0 Å². The standard InChI is InChI=1S/C18H18FN3O3S.ClH/c1-25-17-9-13(11-20)5-6-18(17)26(23,24)22-8-7-21-12-16(22)14-3-2-4-15(19)10-14;/h2-6,9-10,16,21H,7-8,12H2,1H3;1H. The Bertz CT molecular complexity index is 963. The SMILES string of the molecule is COc1cc(C#N)ccc1S(=O)(=O)N1CCNCC1c1cccc(F)c1.Cl. The number of nitriles is 1. The van der Waals surface area contributed by atoms with Crippen LogP contribution < -0.4 is 10.1 Å². The van der Waals surface area contributed by atoms with Gasteiger partial charge in [0.15, 0.2) is 0 Å². The lowest BCUT2D eigenvalue weighted by Gasteiger charge is -2.35. The normalized spacial score (nSPS) is 17.6. The molecule has 6 nitrogen and oxygen atoms in total. The van der Waals surface area contributed by atoms with Crippen LogP contribution in [0.1, 0.15) is 17.2 Å². The quantitative estimate of drug-likeness (QED) is 0.835. The number of nitrogens with zero attached hydrogens (tertiary/aromatic N) is 2. The molecule has 1 fully saturated rings. The molecule has 0 aliphatic carbocycles. The summed E-state index contributed by atoms with van der Waals surface area (Å²) in [7, 11) is -2.55. The van der Waals surface area contributed by atoms with E-state index in [0.29, 0.717) is 24.2 Å². The lowest BCUT2D eigenvalue weighted by Crippen LogP contribution is -2.48. The van der Waals surface area contributed by atoms with E-state index in [1.807, 2.05) is 6.07 Å². The monoisotopic (exact) mass is 411 g/mol. The average molecular weight is 412 g/mol. The van der Waals surface area contributed by atoms with Gasteiger partial charge in [0.25, 0.3) is 0 Å². The van der Waals surface area contributed by atoms with Crippen molar-refractivity contribution in [1.29, 1.82) is 5.26 Å². The molecule has 1 N–H and O–H groups in total. The molecule has 0 spiro atoms. The van der Waals surface area contributed by atoms with Crippen molar-refractivity contribution in [1.82, 2.24) is 9.62 Å². The summed E-state index contributed by atoms with van der Waals surface area (Å²) in [5.74, 6) is -0.304. The first-order chi connectivity index (χ1) is 12.5. The van der Waals surface area contributed by atoms with E-state index < -0.39 is 21.9 Å². The molecular weight excluding hydrogens is 393 g/mol. The number of benzene rings is 2. The van der Waals surface area contributed by atoms with Crippen molar-refractivity contribution in [3.05, 3.63) is 59.4 Å². The highest BCUT2D eigenvalue weighted by Gasteiger charge is 2.36. The Labute approximate surface area is 164 Å². The predicted molar refractivity (Wildman–Crippen MR) is 101 cm³/mol. The number of hydrogen-bond donors (Lipinski definition) is 1. The maximum absolute atomic E-state index is 13.6. The van der Waals surface area contributed by atoms with Gasteiger partial charge >= 0.3 is 0 Å². The van der Waals surface area contributed by atoms with E-state index in [1.165, 1.54) is 41.7 Å². The number of sulfonamides is 1. The fourth-order valence-electron chi connectivity index (χ4n) is 3.05. The van der Waals surface area contributed by atoms with Crippen LogP contribution in [0.3, 0.4) is 0 Å². The minimum Gasteiger partial charge on any atom is -0.495 e. The van der Waals surface area contributed by atoms with E-state index in [0.717, 1.165) is 0 Å². The Balaban J connectivity index is 0.00000261. The fourth-order valence-corrected chi connectivity index (χ4v) is 4.80. The molecule has 2 aromatic rings. The van der Waals surface area contributed by atoms with Crippen molar-refractivity contribution >= 4 is 22.4 Å². The van der Waals surface area contributed by atoms with Crippen LogP contribution >= 0.6 is 12.4 Å². The van der Waals surface area contributed by atoms with Gasteiger partial charge in [-0.25, -0.2) is 12.8 Å². The summed E-state index contributed by atoms with van der Waals surface area (Å²) >= 11 is 0. The molecule has 9 heteroatoms. The molecule has 1 saturated heterocycles. The van der Waals surface area contributed by atoms with Crippen molar-refractivity contribution in [2.75, 3.05) is 26.7 Å². The Kier molecular flexibility index (Phi) is 6.78. The molecule has 27 heavy (non-hydrogen) atoms. The molecular formula is C18H19ClFN3O3S. The zero-order chi connectivity index (χ0) is 18.7. The first-order valence-corrected chi connectivity index (χ1v) is 9.47. The number of halogens is 2. The summed E-state index contributed by atoms with van der Waals surface area (Å²) in [6.07, 6.45) is 0. The molecule has 1 heterocycles. The van der Waals surface area contributed by atoms with Crippen molar-refractivity contribution in [3.8, 4) is 11.8 Å². The Morgan fingerprint density at radius 2 is 2.07 bits per heavy atom. The van der Waals surface area contributed by atoms with Gasteiger partial charge in [0.05, 0.1) is 24.8 Å². The number of piperazine rings is 1. The molecule has 3 rings (SSSR count). The van der Waals surface area contributed by atoms with Crippen molar-refractivity contribution in [2.24, 2.45) is 0 Å². The van der Waals surface area contributed by atoms with Crippen molar-refractivity contribution < 1.29 is 17.5 Å². The molecule has 0 saturated carbocycles. The average Bonchev–Trinajstić information content (AvgIpc) is 2.67. The third-order valence-corrected chi connectivity index (χ3v) is 6.25. The molecule has 1 atom stereocenters. The van der Waals surface area contributed by atoms with Crippen molar-refractivity contribution in [2.45, 2.75) is 10.9 Å². The van der Waals surface area contributed by atoms with Crippen LogP contribution in [0, 0.1) is 17.1 Å². The summed E-state index contributed by atoms with van der Waals surface area (Å²) in [5.41, 5.74) is 0.885. The highest BCUT2D eigenvalue weighted by Crippen LogP contribution is 2.33. The first kappa shape index (κ1) is 21.1. The molecule has 0 radical (unpaired) electrons. The van der Waals surface area contributed by atoms with Crippen LogP contribution in [0.15, 0.2) is 47.4 Å². The van der Waals surface area contributed by atoms with E-state index in [-0.39, 0.29) is 29.6 Å². The number of methoxy groups -OCH3 is 1. The third-order valence-electron chi connectivity index (χ3n) is 4.31. The Hall–Kier alpha value is -2.18. The van der Waals surface area contributed by atoms with Crippen LogP contribution in [-0.2, 0) is 10.0 Å². The molecule has 0 amide bonds. The van der Waals surface area contributed by atoms with Gasteiger partial charge in [-0.15, -0.1) is 12.4 Å². The molecule has 1 aliphatic heterocycles. The second-order valence-corrected chi connectivity index (χ2v) is 7.73. The summed E-state index contributed by atoms with van der Waals surface area (Å²) in [6, 6.07) is 11.6. The molecule has 1 aliphatic rings. The fraction of sp³-hybridized carbons (Fsp3) is 0.278. The van der Waals surface area contributed by atoms with E-state index >= 15 is 0 Å². The van der Waals surface area contributed by atoms with E-state index in [9.17, 15) is 12.8 Å². The Morgan fingerprint density at radius 3 is 2.74 bits per heavy atom. The lowest BCUT2D eigenvalue weighted by atomic mass is 10.1. The number of nitrogens with one attached hydrogen (secondary N) is 1. The van der Waals surface area contributed by atoms with E-state index in [1.54, 1.807) is 12.1 Å². The van der Waals surface area contributed by atoms with Crippen LogP contribution in [0.4, 0.5) is 4.39 Å². The summed E-state index contributed by atoms with van der Waals surface area (Å²) < 4.78 is 46.7. The van der Waals surface area contributed by atoms with E-state index in [2.05, 4.69) is 5.32 Å². The molecule has 144 valence electrons. The number of ether oxygens (including phenoxy) is 1. The van der Waals surface area contributed by atoms with Gasteiger partial charge in [-0.2, -0.15) is 9.57 Å². The molecule has 2 aromatic carbocycles. The third kappa shape index (κ3) is 4.22. The number of rotatable bonds is 4. The van der Waals surface area contributed by atoms with Gasteiger partial charge < -0.3 is 10.1 Å². The van der Waals surface area contributed by atoms with Crippen LogP contribution in [0.25, 0.3) is 0 Å². The van der Waals surface area contributed by atoms with Gasteiger partial charge in [-0.05, 0) is 35.9 Å². The highest BCUT2D eigenvalue weighted by molar-refractivity contribution is 7.89. The molecule has 1 unspecified atom stereocenters.